The van der Waals surface area contributed by atoms with E-state index in [0.29, 0.717) is 96.3 Å². The molecule has 0 spiro atoms. The zero-order chi connectivity index (χ0) is 65.9. The van der Waals surface area contributed by atoms with Gasteiger partial charge >= 0.3 is 0 Å². The fourth-order valence-electron chi connectivity index (χ4n) is 7.97. The van der Waals surface area contributed by atoms with Crippen LogP contribution >= 0.6 is 0 Å². The molecule has 3 unspecified atom stereocenters. The van der Waals surface area contributed by atoms with Crippen LogP contribution in [0.5, 0.6) is 0 Å². The van der Waals surface area contributed by atoms with Gasteiger partial charge in [0.25, 0.3) is 0 Å². The summed E-state index contributed by atoms with van der Waals surface area (Å²) in [5.74, 6) is -2.46. The first-order chi connectivity index (χ1) is 39.5. The second kappa shape index (κ2) is 79.7. The van der Waals surface area contributed by atoms with Crippen molar-refractivity contribution in [2.75, 3.05) is 77.5 Å². The maximum absolute atomic E-state index is 11.7. The largest absolute Gasteiger partial charge is 0.349 e. The van der Waals surface area contributed by atoms with Crippen molar-refractivity contribution < 1.29 is 582 Å². The molecule has 15 radical (unpaired) electrons. The average molecular weight is 2540 g/mol. The van der Waals surface area contributed by atoms with Crippen LogP contribution in [0.4, 0.5) is 0 Å². The molecule has 0 N–H and O–H groups in total. The molecule has 9 aliphatic heterocycles. The Morgan fingerprint density at radius 1 is 0.270 bits per heavy atom. The molecule has 3 atom stereocenters. The van der Waals surface area contributed by atoms with E-state index in [-0.39, 0.29) is 622 Å². The van der Waals surface area contributed by atoms with E-state index >= 15 is 0 Å². The van der Waals surface area contributed by atoms with Crippen molar-refractivity contribution in [3.8, 4) is 0 Å². The Labute approximate surface area is 966 Å². The van der Waals surface area contributed by atoms with Crippen molar-refractivity contribution in [3.05, 3.63) is 0 Å². The van der Waals surface area contributed by atoms with Crippen LogP contribution in [-0.4, -0.2) is 239 Å². The van der Waals surface area contributed by atoms with Crippen LogP contribution < -0.4 is 0 Å². The molecular formula is C56H86N10O19Y15. The summed E-state index contributed by atoms with van der Waals surface area (Å²) >= 11 is 0. The predicted octanol–water partition coefficient (Wildman–Crippen LogP) is 0.242. The number of amides is 19. The van der Waals surface area contributed by atoms with Crippen molar-refractivity contribution in [3.63, 3.8) is 0 Å². The van der Waals surface area contributed by atoms with Crippen LogP contribution in [0.1, 0.15) is 150 Å². The standard InChI is InChI=1S/C11H14N2O4.C7H11NO2.6C5H7NO2.C5H11NO.C3H8.15Y/c1-12-8(14)4-6(10(12)16)3-7-5-9(15)13(2)11(7)17;1-3-5-4-6(9)8(2)7(5)10;6*1-6-4(7)2-3-5(6)8;1-4-5(7)6(2)3;1-3-2;;;;;;;;;;;;;;;/h6-7H,3-5H2,1-2H3;5H,3-4H2,1-2H3;6*2-3H2,1H3;4H2,1-3H3;3H2,1-2H3;;;;;;;;;;;;;;;. The Balaban J connectivity index is -0.0000000561. The van der Waals surface area contributed by atoms with Gasteiger partial charge in [-0.15, -0.1) is 0 Å². The number of nitrogens with zero attached hydrogens (tertiary/aromatic N) is 10. The third-order valence-electron chi connectivity index (χ3n) is 14.1. The third kappa shape index (κ3) is 55.1. The van der Waals surface area contributed by atoms with E-state index in [0.717, 1.165) is 16.2 Å². The van der Waals surface area contributed by atoms with E-state index in [1.165, 1.54) is 97.1 Å². The van der Waals surface area contributed by atoms with Crippen molar-refractivity contribution in [1.29, 1.82) is 0 Å². The van der Waals surface area contributed by atoms with Gasteiger partial charge in [-0.25, -0.2) is 0 Å². The fraction of sp³-hybridized carbons (Fsp3) is 0.661. The van der Waals surface area contributed by atoms with Gasteiger partial charge in [0.1, 0.15) is 0 Å². The van der Waals surface area contributed by atoms with Gasteiger partial charge in [0.15, 0.2) is 0 Å². The van der Waals surface area contributed by atoms with Crippen LogP contribution in [0, 0.1) is 17.8 Å². The van der Waals surface area contributed by atoms with Gasteiger partial charge in [-0.1, -0.05) is 34.1 Å². The summed E-state index contributed by atoms with van der Waals surface area (Å²) in [6.45, 7) is 8.03. The maximum Gasteiger partial charge on any atom is 0.232 e. The van der Waals surface area contributed by atoms with Crippen LogP contribution in [0.3, 0.4) is 0 Å². The summed E-state index contributed by atoms with van der Waals surface area (Å²) in [5, 5.41) is 0. The van der Waals surface area contributed by atoms with Crippen LogP contribution in [0.2, 0.25) is 0 Å². The smallest absolute Gasteiger partial charge is 0.232 e. The minimum absolute atomic E-state index is 0. The third-order valence-corrected chi connectivity index (χ3v) is 14.1. The van der Waals surface area contributed by atoms with Crippen LogP contribution in [-0.2, 0) is 582 Å². The van der Waals surface area contributed by atoms with Crippen molar-refractivity contribution in [2.24, 2.45) is 17.8 Å². The summed E-state index contributed by atoms with van der Waals surface area (Å²) in [4.78, 5) is 216. The van der Waals surface area contributed by atoms with Crippen molar-refractivity contribution >= 4 is 112 Å². The van der Waals surface area contributed by atoms with Gasteiger partial charge < -0.3 is 4.90 Å². The van der Waals surface area contributed by atoms with E-state index in [1.807, 2.05) is 13.8 Å². The number of imide groups is 9. The molecule has 9 rings (SSSR count). The molecule has 519 valence electrons. The van der Waals surface area contributed by atoms with Crippen LogP contribution in [0.15, 0.2) is 0 Å². The van der Waals surface area contributed by atoms with Crippen LogP contribution in [0.25, 0.3) is 0 Å². The number of likely N-dealkylation sites (tertiary alicyclic amines) is 9. The second-order valence-electron chi connectivity index (χ2n) is 20.6. The van der Waals surface area contributed by atoms with Gasteiger partial charge in [0, 0.05) is 689 Å². The molecule has 0 aliphatic carbocycles. The Morgan fingerprint density at radius 3 is 0.470 bits per heavy atom. The molecular weight excluding hydrogens is 2450 g/mol. The van der Waals surface area contributed by atoms with E-state index in [2.05, 4.69) is 13.8 Å². The summed E-state index contributed by atoms with van der Waals surface area (Å²) in [5.41, 5.74) is 0. The molecule has 29 nitrogen and oxygen atoms in total. The summed E-state index contributed by atoms with van der Waals surface area (Å²) < 4.78 is 0. The Hall–Kier alpha value is 8.29. The second-order valence-corrected chi connectivity index (χ2v) is 20.6. The molecule has 0 aromatic carbocycles. The molecule has 0 saturated carbocycles. The Bertz CT molecular complexity index is 2250. The summed E-state index contributed by atoms with van der Waals surface area (Å²) in [6.07, 6.45) is 8.41. The van der Waals surface area contributed by atoms with Gasteiger partial charge in [0.05, 0.1) is 0 Å². The van der Waals surface area contributed by atoms with Gasteiger partial charge in [0.2, 0.25) is 112 Å². The van der Waals surface area contributed by atoms with Gasteiger partial charge in [-0.3, -0.25) is 135 Å². The van der Waals surface area contributed by atoms with Crippen molar-refractivity contribution in [1.82, 2.24) is 49.0 Å². The predicted molar refractivity (Wildman–Crippen MR) is 300 cm³/mol. The minimum atomic E-state index is -0.444. The first-order valence-corrected chi connectivity index (χ1v) is 27.8. The molecule has 9 fully saturated rings. The van der Waals surface area contributed by atoms with Gasteiger partial charge in [-0.2, -0.15) is 0 Å². The molecule has 0 aromatic rings. The molecule has 9 heterocycles. The molecule has 9 saturated heterocycles. The van der Waals surface area contributed by atoms with E-state index < -0.39 is 11.8 Å². The normalized spacial score (nSPS) is 18.2. The van der Waals surface area contributed by atoms with E-state index in [4.69, 9.17) is 0 Å². The zero-order valence-electron chi connectivity index (χ0n) is 60.6. The van der Waals surface area contributed by atoms with Gasteiger partial charge in [-0.05, 0) is 12.8 Å². The number of hydrogen-bond donors (Lipinski definition) is 0. The molecule has 19 amide bonds. The van der Waals surface area contributed by atoms with Crippen molar-refractivity contribution in [2.45, 2.75) is 150 Å². The first-order valence-electron chi connectivity index (χ1n) is 27.8. The summed E-state index contributed by atoms with van der Waals surface area (Å²) in [7, 11) is 17.0. The maximum atomic E-state index is 11.7. The molecule has 0 aromatic heterocycles. The molecule has 0 bridgehead atoms. The zero-order valence-corrected chi connectivity index (χ0v) is 103. The molecule has 100 heavy (non-hydrogen) atoms. The van der Waals surface area contributed by atoms with E-state index in [1.54, 1.807) is 26.0 Å². The monoisotopic (exact) mass is 2540 g/mol. The first kappa shape index (κ1) is 146. The SMILES string of the molecule is CCC.CCC(=O)N(C)C.CCC1CC(=O)N(C)C1=O.CN1C(=O)CC(CC2CC(=O)N(C)C2=O)C1=O.CN1C(=O)CCC1=O.CN1C(=O)CCC1=O.CN1C(=O)CCC1=O.CN1C(=O)CCC1=O.CN1C(=O)CCC1=O.CN1C(=O)CCC1=O.[Y].[Y].[Y].[Y].[Y].[Y].[Y].[Y].[Y].[Y].[Y].[Y].[Y].[Y].[Y]. The molecule has 44 heteroatoms. The quantitative estimate of drug-likeness (QED) is 0.340. The minimum Gasteiger partial charge on any atom is -0.349 e. The Morgan fingerprint density at radius 2 is 0.410 bits per heavy atom. The summed E-state index contributed by atoms with van der Waals surface area (Å²) in [6, 6.07) is 0. The topological polar surface area (TPSA) is 357 Å². The average Bonchev–Trinajstić information content (AvgIpc) is 1.67. The fourth-order valence-corrected chi connectivity index (χ4v) is 7.97. The number of carbonyl (C=O) groups excluding carboxylic acids is 19. The number of rotatable bonds is 4. The number of carbonyl (C=O) groups is 19. The Kier molecular flexibility index (Phi) is 117. The molecule has 9 aliphatic rings. The van der Waals surface area contributed by atoms with E-state index in [9.17, 15) is 91.1 Å². The number of hydrogen-bond acceptors (Lipinski definition) is 19.